The van der Waals surface area contributed by atoms with Crippen LogP contribution in [-0.2, 0) is 5.41 Å². The Bertz CT molecular complexity index is 2490. The highest BCUT2D eigenvalue weighted by Crippen LogP contribution is 2.62. The molecule has 3 heteroatoms. The zero-order valence-electron chi connectivity index (χ0n) is 26.0. The maximum Gasteiger partial charge on any atom is 0.160 e. The first kappa shape index (κ1) is 27.4. The second-order valence-corrected chi connectivity index (χ2v) is 13.6. The van der Waals surface area contributed by atoms with E-state index in [-0.39, 0.29) is 0 Å². The van der Waals surface area contributed by atoms with Crippen molar-refractivity contribution < 1.29 is 0 Å². The first-order valence-corrected chi connectivity index (χ1v) is 17.1. The van der Waals surface area contributed by atoms with Gasteiger partial charge in [0.1, 0.15) is 0 Å². The maximum absolute atomic E-state index is 5.33. The van der Waals surface area contributed by atoms with Gasteiger partial charge in [-0.1, -0.05) is 157 Å². The highest BCUT2D eigenvalue weighted by molar-refractivity contribution is 7.99. The lowest BCUT2D eigenvalue weighted by Crippen LogP contribution is -2.31. The smallest absolute Gasteiger partial charge is 0.160 e. The topological polar surface area (TPSA) is 25.8 Å². The first-order valence-electron chi connectivity index (χ1n) is 16.3. The van der Waals surface area contributed by atoms with Gasteiger partial charge < -0.3 is 0 Å². The lowest BCUT2D eigenvalue weighted by atomic mass is 9.67. The van der Waals surface area contributed by atoms with Crippen molar-refractivity contribution in [3.63, 3.8) is 0 Å². The monoisotopic (exact) mass is 628 g/mol. The fraction of sp³-hybridized carbons (Fsp3) is 0.0222. The molecule has 1 spiro atoms. The normalized spacial score (nSPS) is 13.5. The number of hydrogen-bond donors (Lipinski definition) is 0. The number of benzene rings is 7. The van der Waals surface area contributed by atoms with Gasteiger partial charge in [0.05, 0.1) is 16.6 Å². The lowest BCUT2D eigenvalue weighted by Gasteiger charge is -2.39. The summed E-state index contributed by atoms with van der Waals surface area (Å²) < 4.78 is 0. The molecule has 1 aromatic heterocycles. The van der Waals surface area contributed by atoms with Crippen molar-refractivity contribution in [1.82, 2.24) is 9.97 Å². The number of fused-ring (bicyclic) bond motifs is 10. The van der Waals surface area contributed by atoms with Crippen molar-refractivity contribution in [2.24, 2.45) is 0 Å². The maximum atomic E-state index is 5.33. The van der Waals surface area contributed by atoms with E-state index in [0.717, 1.165) is 33.5 Å². The van der Waals surface area contributed by atoms with Crippen LogP contribution in [0.3, 0.4) is 0 Å². The molecule has 7 aromatic carbocycles. The van der Waals surface area contributed by atoms with E-state index in [1.807, 2.05) is 17.8 Å². The minimum atomic E-state index is -0.431. The molecule has 0 fully saturated rings. The van der Waals surface area contributed by atoms with Gasteiger partial charge in [-0.05, 0) is 68.8 Å². The minimum Gasteiger partial charge on any atom is -0.228 e. The molecule has 0 unspecified atom stereocenters. The molecule has 0 bridgehead atoms. The predicted octanol–water partition coefficient (Wildman–Crippen LogP) is 11.5. The minimum absolute atomic E-state index is 0.431. The average molecular weight is 629 g/mol. The van der Waals surface area contributed by atoms with Gasteiger partial charge in [0, 0.05) is 26.3 Å². The van der Waals surface area contributed by atoms with Crippen LogP contribution < -0.4 is 0 Å². The van der Waals surface area contributed by atoms with Crippen LogP contribution in [0.2, 0.25) is 0 Å². The standard InChI is InChI=1S/C45H28N2S/c1-2-12-29(13-3-1)30-22-24-31(25-23-30)44-46-40-19-9-5-15-35(40)43(47-44)32-26-27-34-33-14-4-6-16-36(33)45(39(34)28-32)37-17-7-10-20-41(37)48-42-21-11-8-18-38(42)45/h1-28H. The molecule has 2 aliphatic rings. The average Bonchev–Trinajstić information content (AvgIpc) is 3.45. The quantitative estimate of drug-likeness (QED) is 0.195. The predicted molar refractivity (Wildman–Crippen MR) is 197 cm³/mol. The first-order chi connectivity index (χ1) is 23.8. The lowest BCUT2D eigenvalue weighted by molar-refractivity contribution is 0.722. The van der Waals surface area contributed by atoms with Crippen molar-refractivity contribution in [3.8, 4) is 44.9 Å². The SMILES string of the molecule is c1ccc(-c2ccc(-c3nc(-c4ccc5c(c4)C4(c6ccccc6Sc6ccccc64)c4ccccc4-5)c4ccccc4n3)cc2)cc1. The summed E-state index contributed by atoms with van der Waals surface area (Å²) in [6.45, 7) is 0. The van der Waals surface area contributed by atoms with E-state index in [0.29, 0.717) is 0 Å². The van der Waals surface area contributed by atoms with Crippen molar-refractivity contribution >= 4 is 22.7 Å². The molecule has 8 aromatic rings. The summed E-state index contributed by atoms with van der Waals surface area (Å²) in [4.78, 5) is 13.0. The summed E-state index contributed by atoms with van der Waals surface area (Å²) in [5.74, 6) is 0.728. The Hall–Kier alpha value is -5.77. The zero-order chi connectivity index (χ0) is 31.7. The van der Waals surface area contributed by atoms with Crippen LogP contribution in [-0.4, -0.2) is 9.97 Å². The van der Waals surface area contributed by atoms with Gasteiger partial charge in [-0.3, -0.25) is 0 Å². The molecule has 2 heterocycles. The van der Waals surface area contributed by atoms with E-state index in [1.54, 1.807) is 0 Å². The largest absolute Gasteiger partial charge is 0.228 e. The Morgan fingerprint density at radius 2 is 0.958 bits per heavy atom. The third kappa shape index (κ3) is 3.95. The molecule has 224 valence electrons. The van der Waals surface area contributed by atoms with Crippen LogP contribution in [0.4, 0.5) is 0 Å². The summed E-state index contributed by atoms with van der Waals surface area (Å²) in [5.41, 5.74) is 13.8. The van der Waals surface area contributed by atoms with Gasteiger partial charge in [0.2, 0.25) is 0 Å². The van der Waals surface area contributed by atoms with Crippen molar-refractivity contribution in [3.05, 3.63) is 192 Å². The van der Waals surface area contributed by atoms with Crippen LogP contribution in [0.25, 0.3) is 55.8 Å². The van der Waals surface area contributed by atoms with Gasteiger partial charge in [-0.15, -0.1) is 0 Å². The number of rotatable bonds is 3. The Morgan fingerprint density at radius 1 is 0.396 bits per heavy atom. The van der Waals surface area contributed by atoms with Gasteiger partial charge in [-0.2, -0.15) is 0 Å². The molecule has 0 atom stereocenters. The highest BCUT2D eigenvalue weighted by atomic mass is 32.2. The number of para-hydroxylation sites is 1. The van der Waals surface area contributed by atoms with Crippen molar-refractivity contribution in [1.29, 1.82) is 0 Å². The fourth-order valence-corrected chi connectivity index (χ4v) is 9.06. The number of aromatic nitrogens is 2. The Kier molecular flexibility index (Phi) is 6.06. The molecule has 48 heavy (non-hydrogen) atoms. The molecular weight excluding hydrogens is 601 g/mol. The Morgan fingerprint density at radius 3 is 1.73 bits per heavy atom. The fourth-order valence-electron chi connectivity index (χ4n) is 7.87. The van der Waals surface area contributed by atoms with E-state index in [1.165, 1.54) is 54.3 Å². The molecule has 0 saturated heterocycles. The van der Waals surface area contributed by atoms with E-state index in [4.69, 9.17) is 9.97 Å². The summed E-state index contributed by atoms with van der Waals surface area (Å²) in [5, 5.41) is 1.05. The summed E-state index contributed by atoms with van der Waals surface area (Å²) >= 11 is 1.87. The number of nitrogens with zero attached hydrogens (tertiary/aromatic N) is 2. The Labute approximate surface area is 283 Å². The van der Waals surface area contributed by atoms with Crippen LogP contribution >= 0.6 is 11.8 Å². The molecule has 0 N–H and O–H groups in total. The van der Waals surface area contributed by atoms with Crippen LogP contribution in [0.15, 0.2) is 180 Å². The molecule has 1 aliphatic heterocycles. The highest BCUT2D eigenvalue weighted by Gasteiger charge is 2.50. The third-order valence-corrected chi connectivity index (χ3v) is 11.1. The molecule has 1 aliphatic carbocycles. The summed E-state index contributed by atoms with van der Waals surface area (Å²) in [6.07, 6.45) is 0. The van der Waals surface area contributed by atoms with Crippen molar-refractivity contribution in [2.75, 3.05) is 0 Å². The van der Waals surface area contributed by atoms with Gasteiger partial charge >= 0.3 is 0 Å². The van der Waals surface area contributed by atoms with E-state index in [9.17, 15) is 0 Å². The van der Waals surface area contributed by atoms with Gasteiger partial charge in [-0.25, -0.2) is 9.97 Å². The summed E-state index contributed by atoms with van der Waals surface area (Å²) in [7, 11) is 0. The van der Waals surface area contributed by atoms with Crippen LogP contribution in [0.1, 0.15) is 22.3 Å². The molecule has 0 saturated carbocycles. The molecule has 10 rings (SSSR count). The van der Waals surface area contributed by atoms with Crippen LogP contribution in [0.5, 0.6) is 0 Å². The Balaban J connectivity index is 1.21. The van der Waals surface area contributed by atoms with E-state index < -0.39 is 5.41 Å². The second kappa shape index (κ2) is 10.6. The van der Waals surface area contributed by atoms with Gasteiger partial charge in [0.25, 0.3) is 0 Å². The third-order valence-electron chi connectivity index (χ3n) is 9.97. The molecular formula is C45H28N2S. The van der Waals surface area contributed by atoms with Crippen LogP contribution in [0, 0.1) is 0 Å². The molecule has 0 amide bonds. The van der Waals surface area contributed by atoms with Crippen molar-refractivity contribution in [2.45, 2.75) is 15.2 Å². The second-order valence-electron chi connectivity index (χ2n) is 12.5. The molecule has 2 nitrogen and oxygen atoms in total. The van der Waals surface area contributed by atoms with E-state index in [2.05, 4.69) is 164 Å². The van der Waals surface area contributed by atoms with Gasteiger partial charge in [0.15, 0.2) is 5.82 Å². The summed E-state index contributed by atoms with van der Waals surface area (Å²) in [6, 6.07) is 61.3. The molecule has 0 radical (unpaired) electrons. The zero-order valence-corrected chi connectivity index (χ0v) is 26.8. The number of hydrogen-bond acceptors (Lipinski definition) is 3. The van der Waals surface area contributed by atoms with E-state index >= 15 is 0 Å².